The van der Waals surface area contributed by atoms with Crippen molar-refractivity contribution in [3.05, 3.63) is 51.7 Å². The van der Waals surface area contributed by atoms with Crippen molar-refractivity contribution in [2.24, 2.45) is 4.99 Å². The molecule has 0 amide bonds. The summed E-state index contributed by atoms with van der Waals surface area (Å²) in [5.74, 6) is 1.73. The first kappa shape index (κ1) is 21.3. The Balaban J connectivity index is 1.91. The molecule has 1 aromatic heterocycles. The summed E-state index contributed by atoms with van der Waals surface area (Å²) in [6.07, 6.45) is 1.09. The second-order valence-electron chi connectivity index (χ2n) is 6.57. The molecule has 0 unspecified atom stereocenters. The van der Waals surface area contributed by atoms with Gasteiger partial charge in [0.2, 0.25) is 0 Å². The van der Waals surface area contributed by atoms with Crippen molar-refractivity contribution in [3.8, 4) is 5.75 Å². The number of nitrogens with zero attached hydrogens (tertiary/aromatic N) is 2. The summed E-state index contributed by atoms with van der Waals surface area (Å²) >= 11 is 1.85. The van der Waals surface area contributed by atoms with Crippen LogP contribution < -0.4 is 15.4 Å². The van der Waals surface area contributed by atoms with Gasteiger partial charge in [0.25, 0.3) is 0 Å². The summed E-state index contributed by atoms with van der Waals surface area (Å²) in [5, 5.41) is 6.73. The fourth-order valence-corrected chi connectivity index (χ4v) is 3.37. The van der Waals surface area contributed by atoms with E-state index in [4.69, 9.17) is 9.73 Å². The molecule has 0 fully saturated rings. The van der Waals surface area contributed by atoms with Crippen molar-refractivity contribution in [3.63, 3.8) is 0 Å². The Bertz CT molecular complexity index is 712. The first-order valence-corrected chi connectivity index (χ1v) is 10.4. The van der Waals surface area contributed by atoms with E-state index in [9.17, 15) is 0 Å². The van der Waals surface area contributed by atoms with E-state index in [-0.39, 0.29) is 0 Å². The SMILES string of the molecule is CCNC(=NCc1cccc(OCCN(C)C)c1)NCc1ccc(CC)s1. The van der Waals surface area contributed by atoms with Gasteiger partial charge in [0.15, 0.2) is 5.96 Å². The van der Waals surface area contributed by atoms with E-state index in [1.165, 1.54) is 9.75 Å². The van der Waals surface area contributed by atoms with Crippen molar-refractivity contribution in [2.75, 3.05) is 33.8 Å². The minimum atomic E-state index is 0.616. The van der Waals surface area contributed by atoms with E-state index in [1.54, 1.807) is 0 Å². The number of benzene rings is 1. The van der Waals surface area contributed by atoms with Crippen molar-refractivity contribution in [1.82, 2.24) is 15.5 Å². The number of likely N-dealkylation sites (N-methyl/N-ethyl adjacent to an activating group) is 1. The van der Waals surface area contributed by atoms with Crippen LogP contribution >= 0.6 is 11.3 Å². The molecule has 0 aliphatic rings. The van der Waals surface area contributed by atoms with Gasteiger partial charge in [-0.15, -0.1) is 11.3 Å². The van der Waals surface area contributed by atoms with Crippen molar-refractivity contribution in [2.45, 2.75) is 33.4 Å². The highest BCUT2D eigenvalue weighted by molar-refractivity contribution is 7.11. The maximum Gasteiger partial charge on any atom is 0.191 e. The van der Waals surface area contributed by atoms with E-state index in [2.05, 4.69) is 53.6 Å². The van der Waals surface area contributed by atoms with Gasteiger partial charge in [0.05, 0.1) is 13.1 Å². The van der Waals surface area contributed by atoms with Gasteiger partial charge in [0.1, 0.15) is 12.4 Å². The van der Waals surface area contributed by atoms with E-state index >= 15 is 0 Å². The van der Waals surface area contributed by atoms with Crippen LogP contribution in [-0.4, -0.2) is 44.7 Å². The van der Waals surface area contributed by atoms with Crippen LogP contribution in [0.3, 0.4) is 0 Å². The fraction of sp³-hybridized carbons (Fsp3) is 0.476. The highest BCUT2D eigenvalue weighted by Gasteiger charge is 2.02. The fourth-order valence-electron chi connectivity index (χ4n) is 2.47. The number of hydrogen-bond acceptors (Lipinski definition) is 4. The number of guanidine groups is 1. The zero-order valence-corrected chi connectivity index (χ0v) is 17.7. The second kappa shape index (κ2) is 11.6. The van der Waals surface area contributed by atoms with E-state index in [1.807, 2.05) is 37.6 Å². The van der Waals surface area contributed by atoms with Gasteiger partial charge in [-0.05, 0) is 57.3 Å². The van der Waals surface area contributed by atoms with Crippen molar-refractivity contribution in [1.29, 1.82) is 0 Å². The van der Waals surface area contributed by atoms with Crippen LogP contribution in [0.25, 0.3) is 0 Å². The van der Waals surface area contributed by atoms with Gasteiger partial charge < -0.3 is 20.3 Å². The average Bonchev–Trinajstić information content (AvgIpc) is 3.12. The largest absolute Gasteiger partial charge is 0.492 e. The molecular weight excluding hydrogens is 356 g/mol. The molecule has 148 valence electrons. The minimum Gasteiger partial charge on any atom is -0.492 e. The van der Waals surface area contributed by atoms with Crippen LogP contribution in [-0.2, 0) is 19.5 Å². The van der Waals surface area contributed by atoms with Crippen LogP contribution in [0.1, 0.15) is 29.2 Å². The first-order valence-electron chi connectivity index (χ1n) is 9.57. The molecule has 0 atom stereocenters. The lowest BCUT2D eigenvalue weighted by Crippen LogP contribution is -2.36. The Hall–Kier alpha value is -2.05. The number of nitrogens with one attached hydrogen (secondary N) is 2. The summed E-state index contributed by atoms with van der Waals surface area (Å²) in [4.78, 5) is 9.57. The van der Waals surface area contributed by atoms with Crippen molar-refractivity contribution >= 4 is 17.3 Å². The topological polar surface area (TPSA) is 48.9 Å². The molecule has 0 aliphatic heterocycles. The summed E-state index contributed by atoms with van der Waals surface area (Å²) in [6.45, 7) is 8.10. The summed E-state index contributed by atoms with van der Waals surface area (Å²) in [5.41, 5.74) is 1.14. The number of ether oxygens (including phenoxy) is 1. The Labute approximate surface area is 167 Å². The molecule has 0 aliphatic carbocycles. The number of aliphatic imine (C=N–C) groups is 1. The third kappa shape index (κ3) is 8.01. The maximum absolute atomic E-state index is 5.81. The van der Waals surface area contributed by atoms with Gasteiger partial charge in [-0.1, -0.05) is 19.1 Å². The van der Waals surface area contributed by atoms with Crippen LogP contribution in [0.15, 0.2) is 41.4 Å². The van der Waals surface area contributed by atoms with Gasteiger partial charge in [-0.3, -0.25) is 0 Å². The monoisotopic (exact) mass is 388 g/mol. The van der Waals surface area contributed by atoms with Crippen LogP contribution in [0.4, 0.5) is 0 Å². The maximum atomic E-state index is 5.81. The summed E-state index contributed by atoms with van der Waals surface area (Å²) < 4.78 is 5.81. The smallest absolute Gasteiger partial charge is 0.191 e. The van der Waals surface area contributed by atoms with Crippen LogP contribution in [0, 0.1) is 0 Å². The van der Waals surface area contributed by atoms with Gasteiger partial charge >= 0.3 is 0 Å². The summed E-state index contributed by atoms with van der Waals surface area (Å²) in [6, 6.07) is 12.6. The Morgan fingerprint density at radius 1 is 1.11 bits per heavy atom. The van der Waals surface area contributed by atoms with E-state index < -0.39 is 0 Å². The van der Waals surface area contributed by atoms with E-state index in [0.29, 0.717) is 13.2 Å². The van der Waals surface area contributed by atoms with E-state index in [0.717, 1.165) is 43.3 Å². The first-order chi connectivity index (χ1) is 13.1. The second-order valence-corrected chi connectivity index (χ2v) is 7.82. The zero-order chi connectivity index (χ0) is 19.5. The number of hydrogen-bond donors (Lipinski definition) is 2. The van der Waals surface area contributed by atoms with Crippen LogP contribution in [0.2, 0.25) is 0 Å². The van der Waals surface area contributed by atoms with Gasteiger partial charge in [-0.2, -0.15) is 0 Å². The van der Waals surface area contributed by atoms with Gasteiger partial charge in [0, 0.05) is 22.8 Å². The molecule has 0 saturated carbocycles. The molecule has 6 heteroatoms. The Morgan fingerprint density at radius 2 is 1.93 bits per heavy atom. The average molecular weight is 389 g/mol. The van der Waals surface area contributed by atoms with Crippen LogP contribution in [0.5, 0.6) is 5.75 Å². The predicted octanol–water partition coefficient (Wildman–Crippen LogP) is 3.51. The third-order valence-electron chi connectivity index (χ3n) is 3.97. The summed E-state index contributed by atoms with van der Waals surface area (Å²) in [7, 11) is 4.09. The zero-order valence-electron chi connectivity index (χ0n) is 16.9. The van der Waals surface area contributed by atoms with Gasteiger partial charge in [-0.25, -0.2) is 4.99 Å². The molecule has 2 N–H and O–H groups in total. The molecular formula is C21H32N4OS. The quantitative estimate of drug-likeness (QED) is 0.483. The molecule has 0 bridgehead atoms. The number of aryl methyl sites for hydroxylation is 1. The molecule has 1 aromatic carbocycles. The third-order valence-corrected chi connectivity index (χ3v) is 5.20. The molecule has 2 rings (SSSR count). The Kier molecular flexibility index (Phi) is 9.15. The molecule has 27 heavy (non-hydrogen) atoms. The Morgan fingerprint density at radius 3 is 2.63 bits per heavy atom. The normalized spacial score (nSPS) is 11.7. The molecule has 5 nitrogen and oxygen atoms in total. The van der Waals surface area contributed by atoms with Crippen molar-refractivity contribution < 1.29 is 4.74 Å². The predicted molar refractivity (Wildman–Crippen MR) is 116 cm³/mol. The lowest BCUT2D eigenvalue weighted by Gasteiger charge is -2.12. The minimum absolute atomic E-state index is 0.616. The lowest BCUT2D eigenvalue weighted by molar-refractivity contribution is 0.261. The molecule has 1 heterocycles. The highest BCUT2D eigenvalue weighted by atomic mass is 32.1. The molecule has 2 aromatic rings. The highest BCUT2D eigenvalue weighted by Crippen LogP contribution is 2.16. The number of rotatable bonds is 10. The standard InChI is InChI=1S/C21H32N4OS/c1-5-19-10-11-20(27-19)16-24-21(22-6-2)23-15-17-8-7-9-18(14-17)26-13-12-25(3)4/h7-11,14H,5-6,12-13,15-16H2,1-4H3,(H2,22,23,24). The molecule has 0 radical (unpaired) electrons. The molecule has 0 saturated heterocycles. The molecule has 0 spiro atoms. The lowest BCUT2D eigenvalue weighted by atomic mass is 10.2. The number of thiophene rings is 1.